The van der Waals surface area contributed by atoms with Crippen LogP contribution >= 0.6 is 11.6 Å². The van der Waals surface area contributed by atoms with E-state index in [2.05, 4.69) is 4.98 Å². The number of ether oxygens (including phenoxy) is 1. The maximum Gasteiger partial charge on any atom is 0.341 e. The van der Waals surface area contributed by atoms with Crippen LogP contribution in [0.2, 0.25) is 5.02 Å². The number of carbonyl (C=O) groups is 2. The third-order valence-electron chi connectivity index (χ3n) is 3.86. The van der Waals surface area contributed by atoms with Gasteiger partial charge in [-0.05, 0) is 30.7 Å². The number of rotatable bonds is 5. The number of aldehydes is 1. The second-order valence-corrected chi connectivity index (χ2v) is 5.96. The number of carbonyl (C=O) groups excluding carboxylic acids is 2. The lowest BCUT2D eigenvalue weighted by molar-refractivity contribution is 0.0523. The molecule has 0 unspecified atom stereocenters. The summed E-state index contributed by atoms with van der Waals surface area (Å²) in [6.45, 7) is 1.93. The second kappa shape index (κ2) is 7.93. The van der Waals surface area contributed by atoms with Crippen LogP contribution in [0.4, 0.5) is 0 Å². The van der Waals surface area contributed by atoms with Gasteiger partial charge in [-0.25, -0.2) is 9.78 Å². The lowest BCUT2D eigenvalue weighted by Crippen LogP contribution is -2.12. The van der Waals surface area contributed by atoms with Gasteiger partial charge in [0.15, 0.2) is 6.29 Å². The summed E-state index contributed by atoms with van der Waals surface area (Å²) in [6, 6.07) is 14.7. The fourth-order valence-corrected chi connectivity index (χ4v) is 2.81. The predicted molar refractivity (Wildman–Crippen MR) is 103 cm³/mol. The molecule has 0 spiro atoms. The van der Waals surface area contributed by atoms with E-state index in [-0.39, 0.29) is 17.9 Å². The van der Waals surface area contributed by atoms with Crippen molar-refractivity contribution in [3.63, 3.8) is 0 Å². The monoisotopic (exact) mass is 365 g/mol. The van der Waals surface area contributed by atoms with Gasteiger partial charge in [-0.3, -0.25) is 4.79 Å². The number of para-hydroxylation sites is 1. The van der Waals surface area contributed by atoms with Crippen molar-refractivity contribution in [3.05, 3.63) is 75.9 Å². The molecule has 0 radical (unpaired) electrons. The smallest absolute Gasteiger partial charge is 0.341 e. The van der Waals surface area contributed by atoms with E-state index in [1.165, 1.54) is 0 Å². The molecule has 0 saturated heterocycles. The van der Waals surface area contributed by atoms with E-state index in [1.54, 1.807) is 31.2 Å². The average molecular weight is 366 g/mol. The highest BCUT2D eigenvalue weighted by molar-refractivity contribution is 6.30. The van der Waals surface area contributed by atoms with E-state index in [0.717, 1.165) is 10.9 Å². The fourth-order valence-electron chi connectivity index (χ4n) is 2.69. The van der Waals surface area contributed by atoms with Gasteiger partial charge in [-0.2, -0.15) is 0 Å². The molecular formula is C21H16ClNO3. The van der Waals surface area contributed by atoms with E-state index in [4.69, 9.17) is 16.3 Å². The van der Waals surface area contributed by atoms with E-state index in [1.807, 2.05) is 36.4 Å². The molecule has 2 aromatic carbocycles. The Hall–Kier alpha value is -2.98. The van der Waals surface area contributed by atoms with Gasteiger partial charge >= 0.3 is 5.97 Å². The molecule has 130 valence electrons. The summed E-state index contributed by atoms with van der Waals surface area (Å²) in [5.41, 5.74) is 2.39. The van der Waals surface area contributed by atoms with Crippen molar-refractivity contribution in [2.45, 2.75) is 6.92 Å². The van der Waals surface area contributed by atoms with Crippen LogP contribution in [-0.2, 0) is 4.74 Å². The molecule has 0 aliphatic heterocycles. The molecule has 0 aliphatic rings. The van der Waals surface area contributed by atoms with Gasteiger partial charge < -0.3 is 4.74 Å². The van der Waals surface area contributed by atoms with Gasteiger partial charge in [-0.1, -0.05) is 54.1 Å². The predicted octanol–water partition coefficient (Wildman–Crippen LogP) is 5.05. The normalized spacial score (nSPS) is 11.0. The lowest BCUT2D eigenvalue weighted by Gasteiger charge is -2.11. The third kappa shape index (κ3) is 3.65. The van der Waals surface area contributed by atoms with Gasteiger partial charge in [0.1, 0.15) is 5.69 Å². The molecule has 3 aromatic rings. The number of aromatic nitrogens is 1. The summed E-state index contributed by atoms with van der Waals surface area (Å²) in [6.07, 6.45) is 4.24. The van der Waals surface area contributed by atoms with E-state index in [9.17, 15) is 9.59 Å². The molecule has 0 saturated carbocycles. The third-order valence-corrected chi connectivity index (χ3v) is 4.12. The van der Waals surface area contributed by atoms with Crippen molar-refractivity contribution in [3.8, 4) is 0 Å². The number of pyridine rings is 1. The molecule has 0 amide bonds. The number of hydrogen-bond acceptors (Lipinski definition) is 4. The van der Waals surface area contributed by atoms with Gasteiger partial charge in [0, 0.05) is 16.0 Å². The van der Waals surface area contributed by atoms with Gasteiger partial charge in [0.2, 0.25) is 0 Å². The van der Waals surface area contributed by atoms with Crippen LogP contribution in [0.25, 0.3) is 23.1 Å². The highest BCUT2D eigenvalue weighted by Gasteiger charge is 2.20. The van der Waals surface area contributed by atoms with Crippen molar-refractivity contribution < 1.29 is 14.3 Å². The highest BCUT2D eigenvalue weighted by atomic mass is 35.5. The fraction of sp³-hybridized carbons (Fsp3) is 0.0952. The zero-order valence-electron chi connectivity index (χ0n) is 14.1. The molecule has 0 N–H and O–H groups in total. The highest BCUT2D eigenvalue weighted by Crippen LogP contribution is 2.26. The number of nitrogens with zero attached hydrogens (tertiary/aromatic N) is 1. The standard InChI is InChI=1S/C21H16ClNO3/c1-2-26-21(25)20-17(12-9-14-7-10-15(22)11-8-14)16-5-3-4-6-18(16)23-19(20)13-24/h3-13H,2H2,1H3/b12-9+. The molecule has 4 nitrogen and oxygen atoms in total. The molecule has 0 atom stereocenters. The van der Waals surface area contributed by atoms with Crippen LogP contribution < -0.4 is 0 Å². The average Bonchev–Trinajstić information content (AvgIpc) is 2.66. The van der Waals surface area contributed by atoms with Crippen molar-refractivity contribution in [1.29, 1.82) is 0 Å². The van der Waals surface area contributed by atoms with Crippen molar-refractivity contribution >= 4 is 46.9 Å². The summed E-state index contributed by atoms with van der Waals surface area (Å²) in [4.78, 5) is 28.3. The maximum atomic E-state index is 12.5. The molecule has 3 rings (SSSR count). The lowest BCUT2D eigenvalue weighted by atomic mass is 9.99. The summed E-state index contributed by atoms with van der Waals surface area (Å²) in [7, 11) is 0. The first kappa shape index (κ1) is 17.8. The van der Waals surface area contributed by atoms with Crippen LogP contribution in [0.5, 0.6) is 0 Å². The zero-order valence-corrected chi connectivity index (χ0v) is 14.9. The minimum atomic E-state index is -0.566. The Morgan fingerprint density at radius 2 is 1.85 bits per heavy atom. The van der Waals surface area contributed by atoms with Crippen LogP contribution in [-0.4, -0.2) is 23.8 Å². The molecule has 26 heavy (non-hydrogen) atoms. The number of halogens is 1. The van der Waals surface area contributed by atoms with Crippen molar-refractivity contribution in [2.24, 2.45) is 0 Å². The Morgan fingerprint density at radius 3 is 2.54 bits per heavy atom. The molecule has 1 aromatic heterocycles. The SMILES string of the molecule is CCOC(=O)c1c(C=O)nc2ccccc2c1/C=C/c1ccc(Cl)cc1. The molecule has 1 heterocycles. The van der Waals surface area contributed by atoms with Crippen LogP contribution in [0.15, 0.2) is 48.5 Å². The van der Waals surface area contributed by atoms with Gasteiger partial charge in [0.25, 0.3) is 0 Å². The minimum Gasteiger partial charge on any atom is -0.462 e. The topological polar surface area (TPSA) is 56.3 Å². The Balaban J connectivity index is 2.22. The second-order valence-electron chi connectivity index (χ2n) is 5.53. The number of esters is 1. The first-order chi connectivity index (χ1) is 12.6. The summed E-state index contributed by atoms with van der Waals surface area (Å²) in [5.74, 6) is -0.566. The number of fused-ring (bicyclic) bond motifs is 1. The molecular weight excluding hydrogens is 350 g/mol. The first-order valence-corrected chi connectivity index (χ1v) is 8.50. The van der Waals surface area contributed by atoms with E-state index < -0.39 is 5.97 Å². The van der Waals surface area contributed by atoms with Crippen LogP contribution in [0, 0.1) is 0 Å². The Morgan fingerprint density at radius 1 is 1.12 bits per heavy atom. The Kier molecular flexibility index (Phi) is 5.44. The molecule has 0 bridgehead atoms. The van der Waals surface area contributed by atoms with Gasteiger partial charge in [-0.15, -0.1) is 0 Å². The quantitative estimate of drug-likeness (QED) is 0.469. The van der Waals surface area contributed by atoms with Crippen LogP contribution in [0.1, 0.15) is 38.9 Å². The molecule has 0 aliphatic carbocycles. The van der Waals surface area contributed by atoms with Crippen molar-refractivity contribution in [2.75, 3.05) is 6.61 Å². The van der Waals surface area contributed by atoms with E-state index in [0.29, 0.717) is 22.4 Å². The molecule has 5 heteroatoms. The Labute approximate surface area is 156 Å². The molecule has 0 fully saturated rings. The zero-order chi connectivity index (χ0) is 18.5. The largest absolute Gasteiger partial charge is 0.462 e. The first-order valence-electron chi connectivity index (χ1n) is 8.12. The summed E-state index contributed by atoms with van der Waals surface area (Å²) < 4.78 is 5.14. The number of hydrogen-bond donors (Lipinski definition) is 0. The van der Waals surface area contributed by atoms with Crippen molar-refractivity contribution in [1.82, 2.24) is 4.98 Å². The minimum absolute atomic E-state index is 0.0675. The summed E-state index contributed by atoms with van der Waals surface area (Å²) >= 11 is 5.92. The van der Waals surface area contributed by atoms with Crippen LogP contribution in [0.3, 0.4) is 0 Å². The van der Waals surface area contributed by atoms with E-state index >= 15 is 0 Å². The Bertz CT molecular complexity index is 994. The number of benzene rings is 2. The summed E-state index contributed by atoms with van der Waals surface area (Å²) in [5, 5.41) is 1.42. The maximum absolute atomic E-state index is 12.5. The van der Waals surface area contributed by atoms with Gasteiger partial charge in [0.05, 0.1) is 17.7 Å².